The minimum absolute atomic E-state index is 0.396. The number of piperazine rings is 1. The van der Waals surface area contributed by atoms with Gasteiger partial charge in [0, 0.05) is 31.9 Å². The molecule has 2 heterocycles. The quantitative estimate of drug-likeness (QED) is 0.839. The van der Waals surface area contributed by atoms with Crippen LogP contribution in [0.4, 0.5) is 16.0 Å². The molecule has 0 aliphatic carbocycles. The Morgan fingerprint density at radius 2 is 1.45 bits per heavy atom. The molecule has 4 nitrogen and oxygen atoms in total. The zero-order valence-corrected chi connectivity index (χ0v) is 11.5. The highest BCUT2D eigenvalue weighted by Crippen LogP contribution is 2.18. The van der Waals surface area contributed by atoms with Gasteiger partial charge in [-0.2, -0.15) is 0 Å². The number of nitrogens with zero attached hydrogens (tertiary/aromatic N) is 4. The first-order chi connectivity index (χ1) is 9.72. The first-order valence-electron chi connectivity index (χ1n) is 6.76. The van der Waals surface area contributed by atoms with Gasteiger partial charge in [0.1, 0.15) is 0 Å². The van der Waals surface area contributed by atoms with Crippen molar-refractivity contribution in [2.45, 2.75) is 6.92 Å². The summed E-state index contributed by atoms with van der Waals surface area (Å²) in [4.78, 5) is 12.5. The molecule has 1 aromatic carbocycles. The normalized spacial score (nSPS) is 15.5. The van der Waals surface area contributed by atoms with Crippen LogP contribution >= 0.6 is 0 Å². The van der Waals surface area contributed by atoms with Crippen LogP contribution in [-0.2, 0) is 0 Å². The zero-order chi connectivity index (χ0) is 13.9. The Bertz CT molecular complexity index is 506. The fourth-order valence-electron chi connectivity index (χ4n) is 2.39. The molecule has 1 aromatic heterocycles. The maximum absolute atomic E-state index is 12.8. The number of halogens is 1. The molecule has 0 N–H and O–H groups in total. The van der Waals surface area contributed by atoms with Crippen LogP contribution in [0.2, 0.25) is 0 Å². The molecule has 1 aliphatic rings. The zero-order valence-electron chi connectivity index (χ0n) is 11.5. The third-order valence-corrected chi connectivity index (χ3v) is 3.57. The van der Waals surface area contributed by atoms with Crippen LogP contribution in [0.15, 0.2) is 36.7 Å². The Kier molecular flexibility index (Phi) is 3.50. The van der Waals surface area contributed by atoms with E-state index in [1.807, 2.05) is 0 Å². The summed E-state index contributed by atoms with van der Waals surface area (Å²) in [5.41, 5.74) is 2.52. The average Bonchev–Trinajstić information content (AvgIpc) is 2.49. The van der Waals surface area contributed by atoms with E-state index >= 15 is 0 Å². The Morgan fingerprint density at radius 1 is 0.900 bits per heavy atom. The number of aromatic nitrogens is 2. The molecule has 5 heteroatoms. The summed E-state index contributed by atoms with van der Waals surface area (Å²) in [6.45, 7) is 5.63. The fraction of sp³-hybridized carbons (Fsp3) is 0.333. The smallest absolute Gasteiger partial charge is 0.225 e. The second kappa shape index (κ2) is 5.45. The lowest BCUT2D eigenvalue weighted by Crippen LogP contribution is -2.47. The lowest BCUT2D eigenvalue weighted by Gasteiger charge is -2.36. The molecular weight excluding hydrogens is 255 g/mol. The van der Waals surface area contributed by atoms with Crippen LogP contribution in [0, 0.1) is 12.7 Å². The summed E-state index contributed by atoms with van der Waals surface area (Å²) >= 11 is 0. The maximum atomic E-state index is 12.8. The van der Waals surface area contributed by atoms with Gasteiger partial charge in [0.05, 0.1) is 12.4 Å². The molecule has 1 saturated heterocycles. The lowest BCUT2D eigenvalue weighted by molar-refractivity contribution is 0.602. The van der Waals surface area contributed by atoms with E-state index in [-0.39, 0.29) is 0 Å². The van der Waals surface area contributed by atoms with Gasteiger partial charge in [0.2, 0.25) is 5.95 Å². The predicted octanol–water partition coefficient (Wildman–Crippen LogP) is 2.25. The molecular formula is C15H17FN4. The molecule has 0 atom stereocenters. The van der Waals surface area contributed by atoms with Crippen molar-refractivity contribution in [3.8, 4) is 0 Å². The third kappa shape index (κ3) is 2.71. The molecule has 104 valence electrons. The van der Waals surface area contributed by atoms with Gasteiger partial charge >= 0.3 is 0 Å². The molecule has 0 saturated carbocycles. The standard InChI is InChI=1S/C15H17FN4/c1-12-2-4-14(5-3-12)19-6-8-20(9-7-19)15-17-10-13(16)11-18-15/h2-5,10-11H,6-9H2,1H3. The number of aryl methyl sites for hydroxylation is 1. The van der Waals surface area contributed by atoms with Gasteiger partial charge in [-0.25, -0.2) is 14.4 Å². The Labute approximate surface area is 117 Å². The lowest BCUT2D eigenvalue weighted by atomic mass is 10.2. The van der Waals surface area contributed by atoms with E-state index in [1.54, 1.807) is 0 Å². The number of rotatable bonds is 2. The Balaban J connectivity index is 1.64. The molecule has 20 heavy (non-hydrogen) atoms. The van der Waals surface area contributed by atoms with Gasteiger partial charge < -0.3 is 9.80 Å². The Morgan fingerprint density at radius 3 is 2.05 bits per heavy atom. The molecule has 1 fully saturated rings. The summed E-state index contributed by atoms with van der Waals surface area (Å²) in [5, 5.41) is 0. The monoisotopic (exact) mass is 272 g/mol. The minimum Gasteiger partial charge on any atom is -0.368 e. The van der Waals surface area contributed by atoms with E-state index in [2.05, 4.69) is 51.0 Å². The van der Waals surface area contributed by atoms with Crippen LogP contribution in [0.5, 0.6) is 0 Å². The summed E-state index contributed by atoms with van der Waals surface area (Å²) in [7, 11) is 0. The molecule has 0 amide bonds. The first-order valence-corrected chi connectivity index (χ1v) is 6.76. The fourth-order valence-corrected chi connectivity index (χ4v) is 2.39. The van der Waals surface area contributed by atoms with Crippen molar-refractivity contribution < 1.29 is 4.39 Å². The largest absolute Gasteiger partial charge is 0.368 e. The van der Waals surface area contributed by atoms with Gasteiger partial charge in [-0.15, -0.1) is 0 Å². The molecule has 2 aromatic rings. The van der Waals surface area contributed by atoms with Gasteiger partial charge in [0.25, 0.3) is 0 Å². The van der Waals surface area contributed by atoms with Crippen LogP contribution in [0.1, 0.15) is 5.56 Å². The number of benzene rings is 1. The van der Waals surface area contributed by atoms with Gasteiger partial charge in [-0.1, -0.05) is 17.7 Å². The number of hydrogen-bond donors (Lipinski definition) is 0. The van der Waals surface area contributed by atoms with E-state index in [9.17, 15) is 4.39 Å². The average molecular weight is 272 g/mol. The second-order valence-corrected chi connectivity index (χ2v) is 5.01. The van der Waals surface area contributed by atoms with Crippen LogP contribution in [0.25, 0.3) is 0 Å². The minimum atomic E-state index is -0.396. The molecule has 0 radical (unpaired) electrons. The van der Waals surface area contributed by atoms with Gasteiger partial charge in [0.15, 0.2) is 5.82 Å². The highest BCUT2D eigenvalue weighted by atomic mass is 19.1. The third-order valence-electron chi connectivity index (χ3n) is 3.57. The SMILES string of the molecule is Cc1ccc(N2CCN(c3ncc(F)cn3)CC2)cc1. The predicted molar refractivity (Wildman–Crippen MR) is 77.6 cm³/mol. The molecule has 1 aliphatic heterocycles. The van der Waals surface area contributed by atoms with Crippen molar-refractivity contribution in [3.63, 3.8) is 0 Å². The Hall–Kier alpha value is -2.17. The van der Waals surface area contributed by atoms with Crippen molar-refractivity contribution in [1.82, 2.24) is 9.97 Å². The topological polar surface area (TPSA) is 32.3 Å². The molecule has 0 bridgehead atoms. The van der Waals surface area contributed by atoms with Crippen LogP contribution < -0.4 is 9.80 Å². The second-order valence-electron chi connectivity index (χ2n) is 5.01. The summed E-state index contributed by atoms with van der Waals surface area (Å²) in [6.07, 6.45) is 2.43. The summed E-state index contributed by atoms with van der Waals surface area (Å²) in [6, 6.07) is 8.56. The van der Waals surface area contributed by atoms with Crippen molar-refractivity contribution in [1.29, 1.82) is 0 Å². The van der Waals surface area contributed by atoms with Crippen LogP contribution in [0.3, 0.4) is 0 Å². The molecule has 0 spiro atoms. The first kappa shape index (κ1) is 12.8. The number of hydrogen-bond acceptors (Lipinski definition) is 4. The van der Waals surface area contributed by atoms with Crippen molar-refractivity contribution >= 4 is 11.6 Å². The van der Waals surface area contributed by atoms with E-state index < -0.39 is 5.82 Å². The van der Waals surface area contributed by atoms with E-state index in [0.717, 1.165) is 26.2 Å². The van der Waals surface area contributed by atoms with Crippen molar-refractivity contribution in [2.24, 2.45) is 0 Å². The van der Waals surface area contributed by atoms with Gasteiger partial charge in [-0.3, -0.25) is 0 Å². The van der Waals surface area contributed by atoms with Crippen molar-refractivity contribution in [2.75, 3.05) is 36.0 Å². The van der Waals surface area contributed by atoms with Gasteiger partial charge in [-0.05, 0) is 19.1 Å². The number of anilines is 2. The van der Waals surface area contributed by atoms with E-state index in [4.69, 9.17) is 0 Å². The summed E-state index contributed by atoms with van der Waals surface area (Å²) < 4.78 is 12.8. The van der Waals surface area contributed by atoms with Crippen LogP contribution in [-0.4, -0.2) is 36.1 Å². The molecule has 0 unspecified atom stereocenters. The summed E-state index contributed by atoms with van der Waals surface area (Å²) in [5.74, 6) is 0.210. The van der Waals surface area contributed by atoms with Crippen molar-refractivity contribution in [3.05, 3.63) is 48.0 Å². The van der Waals surface area contributed by atoms with E-state index in [0.29, 0.717) is 5.95 Å². The highest BCUT2D eigenvalue weighted by molar-refractivity contribution is 5.49. The van der Waals surface area contributed by atoms with E-state index in [1.165, 1.54) is 23.6 Å². The maximum Gasteiger partial charge on any atom is 0.225 e. The molecule has 3 rings (SSSR count). The highest BCUT2D eigenvalue weighted by Gasteiger charge is 2.19.